The Labute approximate surface area is 531 Å². The summed E-state index contributed by atoms with van der Waals surface area (Å²) in [5, 5.41) is 47.2. The summed E-state index contributed by atoms with van der Waals surface area (Å²) in [5.74, 6) is -6.64. The molecule has 500 valence electrons. The van der Waals surface area contributed by atoms with Gasteiger partial charge in [0.2, 0.25) is 29.3 Å². The number of carbonyl (C=O) groups is 10. The number of nitrogens with two attached hydrogens (primary N) is 1. The smallest absolute Gasteiger partial charge is 0.409 e. The molecule has 0 bridgehead atoms. The Hall–Kier alpha value is -8.32. The number of aromatic hydroxyl groups is 2. The molecule has 2 aliphatic carbocycles. The van der Waals surface area contributed by atoms with Gasteiger partial charge in [-0.1, -0.05) is 52.0 Å². The largest absolute Gasteiger partial charge is 0.507 e. The van der Waals surface area contributed by atoms with E-state index in [1.165, 1.54) is 51.4 Å². The van der Waals surface area contributed by atoms with Gasteiger partial charge in [0.25, 0.3) is 0 Å². The number of fused-ring (bicyclic) bond motifs is 6. The summed E-state index contributed by atoms with van der Waals surface area (Å²) in [6.45, 7) is 8.21. The molecule has 3 aromatic carbocycles. The maximum Gasteiger partial charge on any atom is 0.409 e. The van der Waals surface area contributed by atoms with Crippen LogP contribution in [0.3, 0.4) is 0 Å². The van der Waals surface area contributed by atoms with E-state index in [0.717, 1.165) is 4.90 Å². The van der Waals surface area contributed by atoms with Crippen molar-refractivity contribution < 1.29 is 101 Å². The van der Waals surface area contributed by atoms with Gasteiger partial charge in [0, 0.05) is 114 Å². The van der Waals surface area contributed by atoms with Crippen molar-refractivity contribution in [3.8, 4) is 17.2 Å². The van der Waals surface area contributed by atoms with Crippen LogP contribution in [-0.2, 0) is 70.2 Å². The van der Waals surface area contributed by atoms with Crippen LogP contribution in [0.5, 0.6) is 17.2 Å². The molecule has 29 nitrogen and oxygen atoms in total. The monoisotopic (exact) mass is 1290 g/mol. The predicted octanol–water partition coefficient (Wildman–Crippen LogP) is 3.07. The number of Topliss-reactive ketones (excluding diaryl/α,β-unsaturated/α-hetero) is 2. The molecular weight excluding hydrogens is 1200 g/mol. The third-order valence-corrected chi connectivity index (χ3v) is 17.1. The second-order valence-electron chi connectivity index (χ2n) is 24.2. The fraction of sp³-hybridized carbons (Fsp3) is 0.556. The number of carbonyl (C=O) groups excluding carboxylic acids is 10. The molecule has 92 heavy (non-hydrogen) atoms. The topological polar surface area (TPSA) is 389 Å². The number of benzene rings is 3. The van der Waals surface area contributed by atoms with Crippen LogP contribution in [0.25, 0.3) is 0 Å². The predicted molar refractivity (Wildman–Crippen MR) is 323 cm³/mol. The van der Waals surface area contributed by atoms with Crippen molar-refractivity contribution in [2.24, 2.45) is 17.6 Å². The molecule has 5 aliphatic rings. The number of phenolic OH excluding ortho intramolecular Hbond substituents is 2. The molecule has 9 N–H and O–H groups in total. The molecule has 0 radical (unpaired) electrons. The quantitative estimate of drug-likeness (QED) is 0.0331. The number of urea groups is 1. The lowest BCUT2D eigenvalue weighted by atomic mass is 9.72. The molecular formula is C63H82N8O21. The summed E-state index contributed by atoms with van der Waals surface area (Å²) in [6.07, 6.45) is -7.56. The van der Waals surface area contributed by atoms with Gasteiger partial charge in [-0.15, -0.1) is 0 Å². The van der Waals surface area contributed by atoms with Crippen molar-refractivity contribution in [2.75, 3.05) is 73.0 Å². The minimum absolute atomic E-state index is 0.00983. The summed E-state index contributed by atoms with van der Waals surface area (Å²) in [5.41, 5.74) is 1.78. The number of anilines is 1. The molecule has 8 rings (SSSR count). The van der Waals surface area contributed by atoms with Crippen LogP contribution >= 0.6 is 0 Å². The van der Waals surface area contributed by atoms with Gasteiger partial charge in [-0.25, -0.2) is 14.4 Å². The van der Waals surface area contributed by atoms with Gasteiger partial charge in [-0.05, 0) is 49.4 Å². The van der Waals surface area contributed by atoms with Crippen LogP contribution in [0.4, 0.5) is 20.1 Å². The highest BCUT2D eigenvalue weighted by molar-refractivity contribution is 6.31. The van der Waals surface area contributed by atoms with Gasteiger partial charge in [-0.3, -0.25) is 38.5 Å². The molecule has 3 aliphatic heterocycles. The van der Waals surface area contributed by atoms with Crippen molar-refractivity contribution >= 4 is 64.8 Å². The van der Waals surface area contributed by atoms with Gasteiger partial charge in [0.15, 0.2) is 31.2 Å². The summed E-state index contributed by atoms with van der Waals surface area (Å²) in [7, 11) is 5.58. The molecule has 0 spiro atoms. The van der Waals surface area contributed by atoms with Gasteiger partial charge in [-0.2, -0.15) is 0 Å². The Bertz CT molecular complexity index is 3310. The number of rotatable bonds is 26. The Morgan fingerprint density at radius 1 is 0.848 bits per heavy atom. The summed E-state index contributed by atoms with van der Waals surface area (Å²) in [4.78, 5) is 137. The molecule has 29 heteroatoms. The second kappa shape index (κ2) is 30.0. The van der Waals surface area contributed by atoms with Crippen molar-refractivity contribution in [1.29, 1.82) is 0 Å². The Morgan fingerprint density at radius 2 is 1.53 bits per heavy atom. The van der Waals surface area contributed by atoms with E-state index in [0.29, 0.717) is 24.4 Å². The zero-order valence-electron chi connectivity index (χ0n) is 52.9. The average molecular weight is 1290 g/mol. The van der Waals surface area contributed by atoms with Crippen LogP contribution in [0.15, 0.2) is 42.5 Å². The molecule has 3 saturated heterocycles. The molecule has 10 atom stereocenters. The first-order chi connectivity index (χ1) is 43.7. The van der Waals surface area contributed by atoms with Crippen LogP contribution in [0, 0.1) is 11.8 Å². The summed E-state index contributed by atoms with van der Waals surface area (Å²) >= 11 is 0. The van der Waals surface area contributed by atoms with E-state index < -0.39 is 156 Å². The number of morpholine rings is 1. The first-order valence-electron chi connectivity index (χ1n) is 30.5. The Morgan fingerprint density at radius 3 is 2.18 bits per heavy atom. The average Bonchev–Trinajstić information content (AvgIpc) is 0.801. The van der Waals surface area contributed by atoms with Crippen LogP contribution in [0.1, 0.15) is 128 Å². The highest BCUT2D eigenvalue weighted by Gasteiger charge is 2.55. The first kappa shape index (κ1) is 69.6. The number of nitrogens with one attached hydrogen (secondary N) is 4. The lowest BCUT2D eigenvalue weighted by Gasteiger charge is -2.43. The normalized spacial score (nSPS) is 22.9. The number of primary amides is 1. The number of amides is 7. The van der Waals surface area contributed by atoms with E-state index in [-0.39, 0.29) is 104 Å². The molecule has 3 fully saturated rings. The van der Waals surface area contributed by atoms with Gasteiger partial charge in [0.1, 0.15) is 53.4 Å². The molecule has 0 aromatic heterocycles. The number of hydrogen-bond donors (Lipinski definition) is 8. The molecule has 3 aromatic rings. The first-order valence-corrected chi connectivity index (χ1v) is 30.5. The Kier molecular flexibility index (Phi) is 22.7. The van der Waals surface area contributed by atoms with E-state index >= 15 is 0 Å². The van der Waals surface area contributed by atoms with Crippen molar-refractivity contribution in [1.82, 2.24) is 30.7 Å². The third kappa shape index (κ3) is 15.6. The fourth-order valence-corrected chi connectivity index (χ4v) is 11.9. The van der Waals surface area contributed by atoms with Gasteiger partial charge in [0.05, 0.1) is 42.6 Å². The van der Waals surface area contributed by atoms with Gasteiger partial charge < -0.3 is 90.0 Å². The Balaban J connectivity index is 0.867. The summed E-state index contributed by atoms with van der Waals surface area (Å²) in [6, 6.07) is 7.38. The number of phenols is 2. The number of aliphatic hydroxyl groups is 1. The number of ketones is 4. The number of likely N-dealkylation sites (N-methyl/N-ethyl adjacent to an activating group) is 2. The number of ether oxygens (including phenoxy) is 8. The SMILES string of the molecule is COc1cccc2c1C(=O)c1c(O)c3c(c(O)c1C2=O)C[C@@](O)(C(=O)COC(=O)N(C)CCN(C)C(=O)OCc1ccc(NC(=O)[C@H](CCCNC(N)=O)NC(=O)[C@@H](NC(=O)CCC(=O)C(C)C)C(C)C)cc1)C[C@@H]3O[C@H]1C[C@H]2[C@H](O[C@@H]3[C@@H](OC)OCCN32)[C@H](C)O1. The van der Waals surface area contributed by atoms with Crippen molar-refractivity contribution in [2.45, 2.75) is 147 Å². The van der Waals surface area contributed by atoms with E-state index in [1.54, 1.807) is 58.9 Å². The lowest BCUT2D eigenvalue weighted by Crippen LogP contribution is -2.55. The zero-order chi connectivity index (χ0) is 67.0. The maximum absolute atomic E-state index is 14.3. The van der Waals surface area contributed by atoms with E-state index in [1.807, 2.05) is 0 Å². The molecule has 3 heterocycles. The zero-order valence-corrected chi connectivity index (χ0v) is 52.9. The second-order valence-corrected chi connectivity index (χ2v) is 24.2. The number of nitrogens with zero attached hydrogens (tertiary/aromatic N) is 3. The maximum atomic E-state index is 14.3. The van der Waals surface area contributed by atoms with E-state index in [9.17, 15) is 63.3 Å². The minimum atomic E-state index is -2.48. The van der Waals surface area contributed by atoms with E-state index in [2.05, 4.69) is 26.2 Å². The molecule has 7 amide bonds. The lowest BCUT2D eigenvalue weighted by molar-refractivity contribution is -0.256. The number of methoxy groups -OCH3 is 2. The standard InChI is InChI=1S/C63H82N8O21/c1-31(2)40(72)19-20-44(74)68-50(32(3)4)57(80)67-38(13-11-21-65-60(64)81)56(79)66-35-17-15-34(16-18-35)29-88-61(82)69(6)22-23-70(7)62(83)89-30-43(73)63(84)27-37-47(54(78)49-48(52(37)76)51(75)36-12-10-14-41(85-8)46(36)53(49)77)42(28-63)91-45-26-39-55(33(5)90-45)92-58-59(86-9)87-25-24-71(39)58/h10,12,14-18,31-33,38-39,42,45,50,55,58-59,76,78,84H,11,13,19-30H2,1-9H3,(H,66,79)(H,67,80)(H,68,74)(H3,64,65,81)/t33-,38-,39-,42-,45-,50-,55+,58+,59-,63-/m0/s1. The third-order valence-electron chi connectivity index (χ3n) is 17.1. The van der Waals surface area contributed by atoms with E-state index in [4.69, 9.17) is 43.6 Å². The summed E-state index contributed by atoms with van der Waals surface area (Å²) < 4.78 is 46.9. The highest BCUT2D eigenvalue weighted by Crippen LogP contribution is 2.53. The van der Waals surface area contributed by atoms with Crippen LogP contribution in [0.2, 0.25) is 0 Å². The van der Waals surface area contributed by atoms with Gasteiger partial charge >= 0.3 is 18.2 Å². The number of hydrogen-bond acceptors (Lipinski definition) is 22. The van der Waals surface area contributed by atoms with Crippen molar-refractivity contribution in [3.63, 3.8) is 0 Å². The van der Waals surface area contributed by atoms with Crippen LogP contribution < -0.4 is 31.7 Å². The fourth-order valence-electron chi connectivity index (χ4n) is 11.9. The minimum Gasteiger partial charge on any atom is -0.507 e. The molecule has 0 saturated carbocycles. The van der Waals surface area contributed by atoms with Crippen molar-refractivity contribution in [3.05, 3.63) is 81.4 Å². The molecule has 0 unspecified atom stereocenters. The highest BCUT2D eigenvalue weighted by atomic mass is 16.7. The van der Waals surface area contributed by atoms with Crippen LogP contribution in [-0.4, -0.2) is 212 Å².